The molecule has 0 aromatic heterocycles. The van der Waals surface area contributed by atoms with Crippen LogP contribution in [0.15, 0.2) is 0 Å². The first kappa shape index (κ1) is 11.9. The maximum absolute atomic E-state index is 10.5. The molecule has 0 unspecified atom stereocenters. The molecule has 0 bridgehead atoms. The molecule has 0 radical (unpaired) electrons. The summed E-state index contributed by atoms with van der Waals surface area (Å²) in [6, 6.07) is 0. The van der Waals surface area contributed by atoms with Crippen molar-refractivity contribution in [2.24, 2.45) is 5.92 Å². The lowest BCUT2D eigenvalue weighted by Crippen LogP contribution is -2.47. The van der Waals surface area contributed by atoms with Crippen LogP contribution in [0.25, 0.3) is 0 Å². The average Bonchev–Trinajstić information content (AvgIpc) is 1.93. The van der Waals surface area contributed by atoms with Crippen LogP contribution in [-0.2, 0) is 9.22 Å². The maximum Gasteiger partial charge on any atom is 0.192 e. The van der Waals surface area contributed by atoms with Gasteiger partial charge >= 0.3 is 0 Å². The summed E-state index contributed by atoms with van der Waals surface area (Å²) in [5, 5.41) is 0.277. The Hall–Kier alpha value is -0.153. The molecule has 0 saturated heterocycles. The van der Waals surface area contributed by atoms with Crippen LogP contribution in [0.5, 0.6) is 0 Å². The van der Waals surface area contributed by atoms with Gasteiger partial charge in [-0.2, -0.15) is 0 Å². The van der Waals surface area contributed by atoms with Crippen LogP contribution >= 0.6 is 0 Å². The van der Waals surface area contributed by atoms with Gasteiger partial charge in [-0.15, -0.1) is 0 Å². The molecule has 0 aliphatic heterocycles. The van der Waals surface area contributed by atoms with Crippen LogP contribution < -0.4 is 0 Å². The van der Waals surface area contributed by atoms with E-state index in [9.17, 15) is 4.79 Å². The zero-order valence-corrected chi connectivity index (χ0v) is 11.0. The number of rotatable bonds is 3. The van der Waals surface area contributed by atoms with E-state index in [1.807, 2.05) is 0 Å². The van der Waals surface area contributed by atoms with Crippen molar-refractivity contribution >= 4 is 14.6 Å². The van der Waals surface area contributed by atoms with Gasteiger partial charge in [0.25, 0.3) is 0 Å². The van der Waals surface area contributed by atoms with Gasteiger partial charge in [-0.05, 0) is 31.0 Å². The summed E-state index contributed by atoms with van der Waals surface area (Å²) in [6.07, 6.45) is 3.29. The monoisotopic (exact) mass is 214 g/mol. The number of hydrogen-bond donors (Lipinski definition) is 0. The molecular weight excluding hydrogens is 192 g/mol. The van der Waals surface area contributed by atoms with Gasteiger partial charge in [0.15, 0.2) is 8.32 Å². The average molecular weight is 214 g/mol. The Morgan fingerprint density at radius 3 is 2.14 bits per heavy atom. The number of hydrogen-bond acceptors (Lipinski definition) is 2. The molecule has 1 fully saturated rings. The van der Waals surface area contributed by atoms with Crippen LogP contribution in [0, 0.1) is 5.92 Å². The Morgan fingerprint density at radius 2 is 1.79 bits per heavy atom. The van der Waals surface area contributed by atoms with Gasteiger partial charge in [-0.25, -0.2) is 0 Å². The second-order valence-corrected chi connectivity index (χ2v) is 10.6. The van der Waals surface area contributed by atoms with E-state index in [4.69, 9.17) is 4.43 Å². The molecule has 0 N–H and O–H groups in total. The summed E-state index contributed by atoms with van der Waals surface area (Å²) in [5.74, 6) is 0.268. The summed E-state index contributed by atoms with van der Waals surface area (Å²) in [4.78, 5) is 10.5. The van der Waals surface area contributed by atoms with Gasteiger partial charge in [0.1, 0.15) is 6.29 Å². The SMILES string of the molecule is CC(C)(C)[Si](C)(C)O[C@H]1C[C@@H](C=O)C1. The molecule has 0 spiro atoms. The summed E-state index contributed by atoms with van der Waals surface area (Å²) >= 11 is 0. The van der Waals surface area contributed by atoms with Gasteiger partial charge in [0.2, 0.25) is 0 Å². The van der Waals surface area contributed by atoms with E-state index < -0.39 is 8.32 Å². The Labute approximate surface area is 88.2 Å². The minimum absolute atomic E-state index is 0.268. The van der Waals surface area contributed by atoms with Crippen molar-refractivity contribution in [3.05, 3.63) is 0 Å². The summed E-state index contributed by atoms with van der Waals surface area (Å²) in [7, 11) is -1.60. The predicted octanol–water partition coefficient (Wildman–Crippen LogP) is 2.99. The molecule has 0 amide bonds. The minimum atomic E-state index is -1.60. The zero-order chi connectivity index (χ0) is 11.0. The quantitative estimate of drug-likeness (QED) is 0.533. The van der Waals surface area contributed by atoms with E-state index >= 15 is 0 Å². The third kappa shape index (κ3) is 2.45. The molecule has 0 atom stereocenters. The molecule has 1 rings (SSSR count). The summed E-state index contributed by atoms with van der Waals surface area (Å²) in [5.41, 5.74) is 0. The van der Waals surface area contributed by atoms with E-state index in [0.717, 1.165) is 19.1 Å². The van der Waals surface area contributed by atoms with Crippen LogP contribution in [0.2, 0.25) is 18.1 Å². The lowest BCUT2D eigenvalue weighted by Gasteiger charge is -2.43. The van der Waals surface area contributed by atoms with Crippen LogP contribution in [0.1, 0.15) is 33.6 Å². The molecule has 2 nitrogen and oxygen atoms in total. The number of carbonyl (C=O) groups excluding carboxylic acids is 1. The third-order valence-electron chi connectivity index (χ3n) is 3.59. The van der Waals surface area contributed by atoms with Crippen molar-refractivity contribution < 1.29 is 9.22 Å². The Balaban J connectivity index is 2.42. The largest absolute Gasteiger partial charge is 0.414 e. The fourth-order valence-corrected chi connectivity index (χ4v) is 2.79. The number of carbonyl (C=O) groups is 1. The van der Waals surface area contributed by atoms with Crippen LogP contribution in [-0.4, -0.2) is 20.7 Å². The molecule has 0 heterocycles. The fourth-order valence-electron chi connectivity index (χ4n) is 1.41. The summed E-state index contributed by atoms with van der Waals surface area (Å²) < 4.78 is 6.15. The lowest BCUT2D eigenvalue weighted by molar-refractivity contribution is -0.116. The predicted molar refractivity (Wildman–Crippen MR) is 60.9 cm³/mol. The molecule has 1 aliphatic carbocycles. The topological polar surface area (TPSA) is 26.3 Å². The van der Waals surface area contributed by atoms with Gasteiger partial charge in [-0.1, -0.05) is 20.8 Å². The van der Waals surface area contributed by atoms with E-state index in [1.165, 1.54) is 0 Å². The van der Waals surface area contributed by atoms with Crippen LogP contribution in [0.4, 0.5) is 0 Å². The molecule has 3 heteroatoms. The molecule has 82 valence electrons. The smallest absolute Gasteiger partial charge is 0.192 e. The third-order valence-corrected chi connectivity index (χ3v) is 8.13. The first-order chi connectivity index (χ1) is 6.26. The summed E-state index contributed by atoms with van der Waals surface area (Å²) in [6.45, 7) is 11.3. The maximum atomic E-state index is 10.5. The van der Waals surface area contributed by atoms with E-state index in [2.05, 4.69) is 33.9 Å². The molecule has 0 aromatic carbocycles. The van der Waals surface area contributed by atoms with Crippen LogP contribution in [0.3, 0.4) is 0 Å². The first-order valence-electron chi connectivity index (χ1n) is 5.39. The highest BCUT2D eigenvalue weighted by molar-refractivity contribution is 6.74. The lowest BCUT2D eigenvalue weighted by atomic mass is 9.84. The second kappa shape index (κ2) is 3.78. The van der Waals surface area contributed by atoms with Crippen molar-refractivity contribution in [1.82, 2.24) is 0 Å². The van der Waals surface area contributed by atoms with Crippen molar-refractivity contribution in [2.75, 3.05) is 0 Å². The van der Waals surface area contributed by atoms with Gasteiger partial charge < -0.3 is 9.22 Å². The minimum Gasteiger partial charge on any atom is -0.414 e. The highest BCUT2D eigenvalue weighted by Gasteiger charge is 2.42. The normalized spacial score (nSPS) is 28.4. The zero-order valence-electron chi connectivity index (χ0n) is 9.96. The standard InChI is InChI=1S/C11H22O2Si/c1-11(2,3)14(4,5)13-10-6-9(7-10)8-12/h8-10H,6-7H2,1-5H3/t9-,10+. The molecular formula is C11H22O2Si. The highest BCUT2D eigenvalue weighted by Crippen LogP contribution is 2.40. The van der Waals surface area contributed by atoms with Gasteiger partial charge in [0, 0.05) is 12.0 Å². The Bertz CT molecular complexity index is 212. The van der Waals surface area contributed by atoms with Crippen molar-refractivity contribution in [1.29, 1.82) is 0 Å². The first-order valence-corrected chi connectivity index (χ1v) is 8.30. The van der Waals surface area contributed by atoms with Crippen molar-refractivity contribution in [2.45, 2.75) is 57.8 Å². The Kier molecular flexibility index (Phi) is 3.22. The fraction of sp³-hybridized carbons (Fsp3) is 0.909. The number of aldehydes is 1. The van der Waals surface area contributed by atoms with E-state index in [-0.39, 0.29) is 11.0 Å². The van der Waals surface area contributed by atoms with Crippen molar-refractivity contribution in [3.63, 3.8) is 0 Å². The van der Waals surface area contributed by atoms with Gasteiger partial charge in [0.05, 0.1) is 0 Å². The highest BCUT2D eigenvalue weighted by atomic mass is 28.4. The van der Waals surface area contributed by atoms with E-state index in [1.54, 1.807) is 0 Å². The Morgan fingerprint density at radius 1 is 1.29 bits per heavy atom. The molecule has 0 aromatic rings. The molecule has 14 heavy (non-hydrogen) atoms. The molecule has 1 aliphatic rings. The van der Waals surface area contributed by atoms with Gasteiger partial charge in [-0.3, -0.25) is 0 Å². The van der Waals surface area contributed by atoms with Crippen molar-refractivity contribution in [3.8, 4) is 0 Å². The second-order valence-electron chi connectivity index (χ2n) is 5.87. The molecule has 1 saturated carbocycles. The van der Waals surface area contributed by atoms with E-state index in [0.29, 0.717) is 6.10 Å².